The van der Waals surface area contributed by atoms with Crippen molar-refractivity contribution in [2.24, 2.45) is 11.7 Å². The zero-order valence-corrected chi connectivity index (χ0v) is 15.0. The van der Waals surface area contributed by atoms with Gasteiger partial charge in [-0.05, 0) is 31.9 Å². The first-order valence-corrected chi connectivity index (χ1v) is 8.99. The van der Waals surface area contributed by atoms with E-state index in [1.165, 1.54) is 0 Å². The summed E-state index contributed by atoms with van der Waals surface area (Å²) in [6.45, 7) is 3.81. The molecule has 26 heavy (non-hydrogen) atoms. The number of amides is 2. The van der Waals surface area contributed by atoms with Crippen LogP contribution in [-0.2, 0) is 4.79 Å². The van der Waals surface area contributed by atoms with Crippen molar-refractivity contribution in [3.8, 4) is 5.69 Å². The average Bonchev–Trinajstić information content (AvgIpc) is 3.08. The molecule has 2 heterocycles. The number of aryl methyl sites for hydroxylation is 1. The number of nitrogens with two attached hydrogens (primary N) is 1. The van der Waals surface area contributed by atoms with E-state index in [0.717, 1.165) is 18.5 Å². The highest BCUT2D eigenvalue weighted by atomic mass is 16.2. The summed E-state index contributed by atoms with van der Waals surface area (Å²) in [6.07, 6.45) is 3.38. The summed E-state index contributed by atoms with van der Waals surface area (Å²) in [5, 5.41) is 7.29. The van der Waals surface area contributed by atoms with E-state index in [0.29, 0.717) is 37.4 Å². The van der Waals surface area contributed by atoms with Gasteiger partial charge in [0.05, 0.1) is 22.9 Å². The predicted octanol–water partition coefficient (Wildman–Crippen LogP) is 1.11. The van der Waals surface area contributed by atoms with Crippen molar-refractivity contribution in [1.29, 1.82) is 0 Å². The molecule has 3 rings (SSSR count). The molecule has 138 valence electrons. The highest BCUT2D eigenvalue weighted by molar-refractivity contribution is 5.95. The number of nitrogens with one attached hydrogen (secondary N) is 1. The van der Waals surface area contributed by atoms with E-state index in [-0.39, 0.29) is 17.7 Å². The van der Waals surface area contributed by atoms with Gasteiger partial charge in [0.15, 0.2) is 0 Å². The lowest BCUT2D eigenvalue weighted by Gasteiger charge is -2.32. The summed E-state index contributed by atoms with van der Waals surface area (Å²) in [6, 6.07) is 9.69. The molecule has 0 bridgehead atoms. The Labute approximate surface area is 153 Å². The zero-order valence-electron chi connectivity index (χ0n) is 15.0. The molecule has 1 aliphatic rings. The van der Waals surface area contributed by atoms with Gasteiger partial charge in [-0.15, -0.1) is 0 Å². The largest absolute Gasteiger partial charge is 0.355 e. The van der Waals surface area contributed by atoms with E-state index in [9.17, 15) is 9.59 Å². The van der Waals surface area contributed by atoms with Crippen LogP contribution in [0.4, 0.5) is 0 Å². The van der Waals surface area contributed by atoms with Crippen molar-refractivity contribution in [1.82, 2.24) is 20.0 Å². The van der Waals surface area contributed by atoms with Gasteiger partial charge in [-0.1, -0.05) is 18.2 Å². The summed E-state index contributed by atoms with van der Waals surface area (Å²) >= 11 is 0. The Morgan fingerprint density at radius 3 is 2.81 bits per heavy atom. The summed E-state index contributed by atoms with van der Waals surface area (Å²) in [5.41, 5.74) is 7.61. The zero-order chi connectivity index (χ0) is 18.5. The van der Waals surface area contributed by atoms with Gasteiger partial charge in [0, 0.05) is 32.4 Å². The molecule has 1 aliphatic heterocycles. The Kier molecular flexibility index (Phi) is 5.68. The maximum absolute atomic E-state index is 13.0. The number of nitrogens with zero attached hydrogens (tertiary/aromatic N) is 3. The third-order valence-electron chi connectivity index (χ3n) is 4.67. The van der Waals surface area contributed by atoms with E-state index in [1.807, 2.05) is 37.3 Å². The fraction of sp³-hybridized carbons (Fsp3) is 0.421. The summed E-state index contributed by atoms with van der Waals surface area (Å²) in [4.78, 5) is 26.9. The molecule has 0 saturated carbocycles. The topological polar surface area (TPSA) is 93.2 Å². The molecule has 1 aromatic carbocycles. The van der Waals surface area contributed by atoms with E-state index >= 15 is 0 Å². The minimum Gasteiger partial charge on any atom is -0.355 e. The fourth-order valence-electron chi connectivity index (χ4n) is 3.27. The Morgan fingerprint density at radius 2 is 2.08 bits per heavy atom. The number of aromatic nitrogens is 2. The van der Waals surface area contributed by atoms with Gasteiger partial charge in [0.2, 0.25) is 5.91 Å². The van der Waals surface area contributed by atoms with E-state index in [2.05, 4.69) is 10.4 Å². The average molecular weight is 355 g/mol. The van der Waals surface area contributed by atoms with Crippen LogP contribution >= 0.6 is 0 Å². The summed E-state index contributed by atoms with van der Waals surface area (Å²) < 4.78 is 1.72. The van der Waals surface area contributed by atoms with Crippen LogP contribution in [0, 0.1) is 12.8 Å². The van der Waals surface area contributed by atoms with E-state index in [4.69, 9.17) is 5.73 Å². The van der Waals surface area contributed by atoms with Crippen LogP contribution in [0.3, 0.4) is 0 Å². The lowest BCUT2D eigenvalue weighted by molar-refractivity contribution is -0.126. The molecule has 1 atom stereocenters. The Balaban J connectivity index is 1.73. The van der Waals surface area contributed by atoms with Gasteiger partial charge in [0.25, 0.3) is 5.91 Å². The van der Waals surface area contributed by atoms with Gasteiger partial charge >= 0.3 is 0 Å². The van der Waals surface area contributed by atoms with Crippen LogP contribution in [0.15, 0.2) is 36.5 Å². The predicted molar refractivity (Wildman–Crippen MR) is 99.0 cm³/mol. The Bertz CT molecular complexity index is 771. The van der Waals surface area contributed by atoms with E-state index in [1.54, 1.807) is 15.8 Å². The molecule has 1 saturated heterocycles. The Hall–Kier alpha value is -2.67. The number of carbonyl (C=O) groups excluding carboxylic acids is 2. The maximum Gasteiger partial charge on any atom is 0.257 e. The summed E-state index contributed by atoms with van der Waals surface area (Å²) in [5.74, 6) is -0.269. The Morgan fingerprint density at radius 1 is 1.31 bits per heavy atom. The third-order valence-corrected chi connectivity index (χ3v) is 4.67. The van der Waals surface area contributed by atoms with Crippen molar-refractivity contribution < 1.29 is 9.59 Å². The van der Waals surface area contributed by atoms with Crippen molar-refractivity contribution in [2.45, 2.75) is 19.8 Å². The molecule has 1 unspecified atom stereocenters. The molecule has 7 heteroatoms. The van der Waals surface area contributed by atoms with Gasteiger partial charge in [-0.3, -0.25) is 9.59 Å². The number of para-hydroxylation sites is 1. The second-order valence-electron chi connectivity index (χ2n) is 6.58. The van der Waals surface area contributed by atoms with Crippen molar-refractivity contribution in [3.63, 3.8) is 0 Å². The molecule has 0 aliphatic carbocycles. The molecule has 3 N–H and O–H groups in total. The van der Waals surface area contributed by atoms with Crippen LogP contribution in [-0.4, -0.2) is 52.7 Å². The fourth-order valence-corrected chi connectivity index (χ4v) is 3.27. The molecular weight excluding hydrogens is 330 g/mol. The molecular formula is C19H25N5O2. The monoisotopic (exact) mass is 355 g/mol. The molecule has 0 spiro atoms. The standard InChI is InChI=1S/C19H25N5O2/c1-14-17(13-24(22-14)16-7-3-2-4-8-16)19(26)23-11-5-6-15(12-23)18(25)21-10-9-20/h2-4,7-8,13,15H,5-6,9-12,20H2,1H3,(H,21,25). The van der Waals surface area contributed by atoms with Crippen LogP contribution in [0.2, 0.25) is 0 Å². The number of piperidine rings is 1. The number of carbonyl (C=O) groups is 2. The normalized spacial score (nSPS) is 17.2. The molecule has 2 amide bonds. The van der Waals surface area contributed by atoms with Gasteiger partial charge in [0.1, 0.15) is 0 Å². The van der Waals surface area contributed by atoms with Crippen LogP contribution < -0.4 is 11.1 Å². The number of hydrogen-bond donors (Lipinski definition) is 2. The van der Waals surface area contributed by atoms with Crippen molar-refractivity contribution in [3.05, 3.63) is 47.8 Å². The number of likely N-dealkylation sites (tertiary alicyclic amines) is 1. The second-order valence-corrected chi connectivity index (χ2v) is 6.58. The van der Waals surface area contributed by atoms with Crippen LogP contribution in [0.5, 0.6) is 0 Å². The first kappa shape index (κ1) is 18.1. The first-order valence-electron chi connectivity index (χ1n) is 8.99. The van der Waals surface area contributed by atoms with E-state index < -0.39 is 0 Å². The molecule has 1 aromatic heterocycles. The highest BCUT2D eigenvalue weighted by Crippen LogP contribution is 2.20. The minimum absolute atomic E-state index is 0.0235. The van der Waals surface area contributed by atoms with Crippen molar-refractivity contribution >= 4 is 11.8 Å². The van der Waals surface area contributed by atoms with Gasteiger partial charge in [-0.25, -0.2) is 4.68 Å². The molecule has 1 fully saturated rings. The lowest BCUT2D eigenvalue weighted by atomic mass is 9.96. The van der Waals surface area contributed by atoms with Gasteiger partial charge in [-0.2, -0.15) is 5.10 Å². The molecule has 7 nitrogen and oxygen atoms in total. The lowest BCUT2D eigenvalue weighted by Crippen LogP contribution is -2.46. The highest BCUT2D eigenvalue weighted by Gasteiger charge is 2.30. The maximum atomic E-state index is 13.0. The minimum atomic E-state index is -0.177. The van der Waals surface area contributed by atoms with Gasteiger partial charge < -0.3 is 16.0 Å². The second kappa shape index (κ2) is 8.14. The van der Waals surface area contributed by atoms with Crippen LogP contribution in [0.1, 0.15) is 28.9 Å². The number of rotatable bonds is 5. The molecule has 2 aromatic rings. The quantitative estimate of drug-likeness (QED) is 0.840. The number of hydrogen-bond acceptors (Lipinski definition) is 4. The van der Waals surface area contributed by atoms with Crippen molar-refractivity contribution in [2.75, 3.05) is 26.2 Å². The molecule has 0 radical (unpaired) electrons. The SMILES string of the molecule is Cc1nn(-c2ccccc2)cc1C(=O)N1CCCC(C(=O)NCCN)C1. The smallest absolute Gasteiger partial charge is 0.257 e. The number of benzene rings is 1. The first-order chi connectivity index (χ1) is 12.6. The van der Waals surface area contributed by atoms with Crippen LogP contribution in [0.25, 0.3) is 5.69 Å². The summed E-state index contributed by atoms with van der Waals surface area (Å²) in [7, 11) is 0. The third kappa shape index (κ3) is 3.94.